The molecule has 1 fully saturated rings. The van der Waals surface area contributed by atoms with Crippen LogP contribution in [0.1, 0.15) is 23.4 Å². The molecule has 4 rings (SSSR count). The molecule has 0 radical (unpaired) electrons. The number of nitrogens with one attached hydrogen (secondary N) is 1. The molecule has 2 aromatic carbocycles. The van der Waals surface area contributed by atoms with E-state index >= 15 is 0 Å². The maximum atomic E-state index is 12.6. The molecule has 38 heavy (non-hydrogen) atoms. The molecule has 0 spiro atoms. The maximum absolute atomic E-state index is 12.6. The van der Waals surface area contributed by atoms with E-state index in [0.29, 0.717) is 35.8 Å². The van der Waals surface area contributed by atoms with Crippen molar-refractivity contribution < 1.29 is 28.6 Å². The molecule has 200 valence electrons. The van der Waals surface area contributed by atoms with Gasteiger partial charge in [-0.05, 0) is 50.1 Å². The number of carbonyl (C=O) groups excluding carboxylic acids is 3. The number of esters is 1. The third-order valence-electron chi connectivity index (χ3n) is 6.57. The number of likely N-dealkylation sites (tertiary alicyclic amines) is 1. The number of amides is 2. The van der Waals surface area contributed by atoms with E-state index < -0.39 is 24.4 Å². The minimum atomic E-state index is -0.606. The molecule has 2 heterocycles. The van der Waals surface area contributed by atoms with Crippen LogP contribution >= 0.6 is 0 Å². The Morgan fingerprint density at radius 2 is 1.79 bits per heavy atom. The van der Waals surface area contributed by atoms with Crippen LogP contribution in [0.4, 0.5) is 5.69 Å². The van der Waals surface area contributed by atoms with E-state index in [4.69, 9.17) is 14.2 Å². The lowest BCUT2D eigenvalue weighted by Gasteiger charge is -2.17. The first-order valence-electron chi connectivity index (χ1n) is 12.4. The summed E-state index contributed by atoms with van der Waals surface area (Å²) in [6, 6.07) is 15.2. The molecule has 3 aromatic rings. The molecule has 10 nitrogen and oxygen atoms in total. The average molecular weight is 521 g/mol. The number of aryl methyl sites for hydroxylation is 1. The molecule has 1 aromatic heterocycles. The highest BCUT2D eigenvalue weighted by Crippen LogP contribution is 2.28. The van der Waals surface area contributed by atoms with E-state index in [1.165, 1.54) is 0 Å². The summed E-state index contributed by atoms with van der Waals surface area (Å²) in [7, 11) is 3.15. The normalized spacial score (nSPS) is 14.9. The molecule has 1 aliphatic rings. The summed E-state index contributed by atoms with van der Waals surface area (Å²) in [6.45, 7) is 3.94. The monoisotopic (exact) mass is 520 g/mol. The summed E-state index contributed by atoms with van der Waals surface area (Å²) in [5.41, 5.74) is 3.85. The van der Waals surface area contributed by atoms with Crippen molar-refractivity contribution in [1.82, 2.24) is 14.7 Å². The van der Waals surface area contributed by atoms with Gasteiger partial charge in [0.25, 0.3) is 5.91 Å². The zero-order valence-electron chi connectivity index (χ0n) is 22.0. The fourth-order valence-corrected chi connectivity index (χ4v) is 4.52. The van der Waals surface area contributed by atoms with E-state index in [0.717, 1.165) is 16.9 Å². The predicted molar refractivity (Wildman–Crippen MR) is 141 cm³/mol. The SMILES string of the molecule is COc1ccc(CCN2C[C@H](C(=O)OCC(=O)Nc3c(C)nn(-c4ccccc4)c3C)CC2=O)cc1OC. The number of methoxy groups -OCH3 is 2. The average Bonchev–Trinajstić information content (AvgIpc) is 3.44. The van der Waals surface area contributed by atoms with Gasteiger partial charge in [0.2, 0.25) is 5.91 Å². The first-order valence-corrected chi connectivity index (χ1v) is 12.4. The molecular formula is C28H32N4O6. The fourth-order valence-electron chi connectivity index (χ4n) is 4.52. The van der Waals surface area contributed by atoms with Crippen molar-refractivity contribution in [3.8, 4) is 17.2 Å². The number of rotatable bonds is 10. The van der Waals surface area contributed by atoms with Gasteiger partial charge in [0.15, 0.2) is 18.1 Å². The van der Waals surface area contributed by atoms with E-state index in [2.05, 4.69) is 10.4 Å². The zero-order valence-corrected chi connectivity index (χ0v) is 22.0. The van der Waals surface area contributed by atoms with Crippen molar-refractivity contribution in [3.05, 3.63) is 65.5 Å². The van der Waals surface area contributed by atoms with E-state index in [-0.39, 0.29) is 18.9 Å². The Labute approximate surface area is 221 Å². The molecule has 0 aliphatic carbocycles. The first-order chi connectivity index (χ1) is 18.3. The van der Waals surface area contributed by atoms with Gasteiger partial charge in [0, 0.05) is 19.5 Å². The number of aromatic nitrogens is 2. The third kappa shape index (κ3) is 5.96. The van der Waals surface area contributed by atoms with Crippen molar-refractivity contribution in [2.24, 2.45) is 5.92 Å². The van der Waals surface area contributed by atoms with Gasteiger partial charge < -0.3 is 24.4 Å². The lowest BCUT2D eigenvalue weighted by Crippen LogP contribution is -2.29. The van der Waals surface area contributed by atoms with Crippen LogP contribution in [0, 0.1) is 19.8 Å². The highest BCUT2D eigenvalue weighted by atomic mass is 16.5. The molecule has 0 bridgehead atoms. The summed E-state index contributed by atoms with van der Waals surface area (Å²) in [4.78, 5) is 39.3. The summed E-state index contributed by atoms with van der Waals surface area (Å²) in [5, 5.41) is 7.30. The Kier molecular flexibility index (Phi) is 8.30. The Balaban J connectivity index is 1.27. The van der Waals surface area contributed by atoms with Crippen LogP contribution in [-0.2, 0) is 25.5 Å². The van der Waals surface area contributed by atoms with Crippen LogP contribution in [0.15, 0.2) is 48.5 Å². The third-order valence-corrected chi connectivity index (χ3v) is 6.57. The quantitative estimate of drug-likeness (QED) is 0.409. The van der Waals surface area contributed by atoms with Gasteiger partial charge >= 0.3 is 5.97 Å². The number of benzene rings is 2. The molecule has 0 saturated carbocycles. The number of nitrogens with zero attached hydrogens (tertiary/aromatic N) is 3. The van der Waals surface area contributed by atoms with Crippen LogP contribution in [0.3, 0.4) is 0 Å². The Hall–Kier alpha value is -4.34. The summed E-state index contributed by atoms with van der Waals surface area (Å²) in [5.74, 6) is -0.491. The zero-order chi connectivity index (χ0) is 27.2. The minimum Gasteiger partial charge on any atom is -0.493 e. The summed E-state index contributed by atoms with van der Waals surface area (Å²) < 4.78 is 17.6. The molecule has 10 heteroatoms. The minimum absolute atomic E-state index is 0.0639. The predicted octanol–water partition coefficient (Wildman–Crippen LogP) is 3.08. The maximum Gasteiger partial charge on any atom is 0.311 e. The number of anilines is 1. The van der Waals surface area contributed by atoms with Crippen LogP contribution < -0.4 is 14.8 Å². The van der Waals surface area contributed by atoms with Gasteiger partial charge in [-0.15, -0.1) is 0 Å². The Morgan fingerprint density at radius 1 is 1.05 bits per heavy atom. The summed E-state index contributed by atoms with van der Waals surface area (Å²) >= 11 is 0. The van der Waals surface area contributed by atoms with Crippen LogP contribution in [0.5, 0.6) is 11.5 Å². The number of carbonyl (C=O) groups is 3. The molecule has 2 amide bonds. The van der Waals surface area contributed by atoms with Crippen LogP contribution in [0.2, 0.25) is 0 Å². The van der Waals surface area contributed by atoms with Gasteiger partial charge in [-0.3, -0.25) is 14.4 Å². The molecule has 1 N–H and O–H groups in total. The van der Waals surface area contributed by atoms with Gasteiger partial charge in [-0.2, -0.15) is 5.10 Å². The highest BCUT2D eigenvalue weighted by Gasteiger charge is 2.35. The van der Waals surface area contributed by atoms with Gasteiger partial charge in [0.1, 0.15) is 0 Å². The molecule has 1 saturated heterocycles. The molecule has 1 aliphatic heterocycles. The highest BCUT2D eigenvalue weighted by molar-refractivity contribution is 5.94. The molecule has 0 unspecified atom stereocenters. The largest absolute Gasteiger partial charge is 0.493 e. The number of para-hydroxylation sites is 1. The number of ether oxygens (including phenoxy) is 3. The standard InChI is InChI=1S/C28H32N4O6/c1-18-27(19(2)32(30-18)22-8-6-5-7-9-22)29-25(33)17-38-28(35)21-15-26(34)31(16-21)13-12-20-10-11-23(36-3)24(14-20)37-4/h5-11,14,21H,12-13,15-17H2,1-4H3,(H,29,33)/t21-/m1/s1. The lowest BCUT2D eigenvalue weighted by atomic mass is 10.1. The molecule has 1 atom stereocenters. The summed E-state index contributed by atoms with van der Waals surface area (Å²) in [6.07, 6.45) is 0.667. The van der Waals surface area contributed by atoms with E-state index in [1.54, 1.807) is 30.7 Å². The topological polar surface area (TPSA) is 112 Å². The number of hydrogen-bond donors (Lipinski definition) is 1. The van der Waals surface area contributed by atoms with Crippen molar-refractivity contribution in [2.75, 3.05) is 39.2 Å². The second-order valence-electron chi connectivity index (χ2n) is 9.13. The van der Waals surface area contributed by atoms with E-state index in [9.17, 15) is 14.4 Å². The number of hydrogen-bond acceptors (Lipinski definition) is 7. The van der Waals surface area contributed by atoms with Gasteiger partial charge in [0.05, 0.1) is 42.9 Å². The Bertz CT molecular complexity index is 1320. The van der Waals surface area contributed by atoms with E-state index in [1.807, 2.05) is 55.5 Å². The van der Waals surface area contributed by atoms with Crippen LogP contribution in [0.25, 0.3) is 5.69 Å². The smallest absolute Gasteiger partial charge is 0.311 e. The van der Waals surface area contributed by atoms with Crippen molar-refractivity contribution in [3.63, 3.8) is 0 Å². The second kappa shape index (κ2) is 11.8. The van der Waals surface area contributed by atoms with Crippen molar-refractivity contribution in [1.29, 1.82) is 0 Å². The Morgan fingerprint density at radius 3 is 2.50 bits per heavy atom. The second-order valence-corrected chi connectivity index (χ2v) is 9.13. The van der Waals surface area contributed by atoms with Crippen molar-refractivity contribution >= 4 is 23.5 Å². The van der Waals surface area contributed by atoms with Crippen molar-refractivity contribution in [2.45, 2.75) is 26.7 Å². The van der Waals surface area contributed by atoms with Crippen LogP contribution in [-0.4, -0.2) is 66.4 Å². The van der Waals surface area contributed by atoms with Gasteiger partial charge in [-0.25, -0.2) is 4.68 Å². The first kappa shape index (κ1) is 26.7. The molecular weight excluding hydrogens is 488 g/mol. The van der Waals surface area contributed by atoms with Gasteiger partial charge in [-0.1, -0.05) is 24.3 Å². The lowest BCUT2D eigenvalue weighted by molar-refractivity contribution is -0.151. The fraction of sp³-hybridized carbons (Fsp3) is 0.357.